The second-order valence-corrected chi connectivity index (χ2v) is 15.6. The Morgan fingerprint density at radius 1 is 0.544 bits per heavy atom. The van der Waals surface area contributed by atoms with Gasteiger partial charge in [-0.1, -0.05) is 132 Å². The molecule has 326 valence electrons. The average Bonchev–Trinajstić information content (AvgIpc) is 3.17. The molecule has 57 heavy (non-hydrogen) atoms. The van der Waals surface area contributed by atoms with Gasteiger partial charge in [0.05, 0.1) is 40.3 Å². The maximum absolute atomic E-state index is 12.7. The Hall–Kier alpha value is -3.27. The second-order valence-electron chi connectivity index (χ2n) is 15.6. The van der Waals surface area contributed by atoms with Gasteiger partial charge in [-0.2, -0.15) is 0 Å². The number of quaternary nitrogens is 1. The number of likely N-dealkylation sites (N-methyl/N-ethyl adjacent to an activating group) is 1. The van der Waals surface area contributed by atoms with Crippen LogP contribution in [0.15, 0.2) is 72.9 Å². The van der Waals surface area contributed by atoms with Crippen LogP contribution in [0.25, 0.3) is 0 Å². The number of carbonyl (C=O) groups excluding carboxylic acids is 3. The van der Waals surface area contributed by atoms with Crippen LogP contribution in [0.1, 0.15) is 155 Å². The Morgan fingerprint density at radius 3 is 1.53 bits per heavy atom. The highest BCUT2D eigenvalue weighted by atomic mass is 16.7. The van der Waals surface area contributed by atoms with E-state index in [0.29, 0.717) is 17.4 Å². The Labute approximate surface area is 347 Å². The van der Waals surface area contributed by atoms with Crippen molar-refractivity contribution in [3.05, 3.63) is 72.9 Å². The van der Waals surface area contributed by atoms with Gasteiger partial charge in [0.1, 0.15) is 13.2 Å². The molecule has 0 saturated carbocycles. The first-order valence-corrected chi connectivity index (χ1v) is 22.1. The van der Waals surface area contributed by atoms with E-state index >= 15 is 0 Å². The number of esters is 2. The fourth-order valence-corrected chi connectivity index (χ4v) is 5.49. The van der Waals surface area contributed by atoms with E-state index in [1.54, 1.807) is 0 Å². The van der Waals surface area contributed by atoms with Crippen LogP contribution in [0.5, 0.6) is 0 Å². The summed E-state index contributed by atoms with van der Waals surface area (Å²) in [6.45, 7) is 4.53. The lowest BCUT2D eigenvalue weighted by Crippen LogP contribution is -2.44. The molecule has 0 aromatic rings. The highest BCUT2D eigenvalue weighted by Crippen LogP contribution is 2.12. The monoisotopic (exact) mass is 800 g/mol. The standard InChI is InChI=1S/C48H81NO8/c1-6-8-10-12-14-16-18-20-21-22-23-24-25-27-29-31-33-35-37-39-46(51)57-44(43-56-48(47(52)53)54-41-40-49(3,4)5)42-55-45(50)38-36-34-32-30-28-26-19-17-15-13-11-9-7-2/h8,10,14,16-17,19-21,23-24,27,29,44,48H,6-7,9,11-13,15,18,22,25-26,28,30-43H2,1-5H3/b10-8-,16-14-,19-17-,21-20-,24-23-,29-27-. The fraction of sp³-hybridized carbons (Fsp3) is 0.688. The summed E-state index contributed by atoms with van der Waals surface area (Å²) in [7, 11) is 5.88. The molecule has 0 aromatic carbocycles. The Kier molecular flexibility index (Phi) is 37.3. The van der Waals surface area contributed by atoms with Gasteiger partial charge >= 0.3 is 11.9 Å². The summed E-state index contributed by atoms with van der Waals surface area (Å²) in [5.74, 6) is -2.35. The van der Waals surface area contributed by atoms with Gasteiger partial charge in [-0.3, -0.25) is 9.59 Å². The largest absolute Gasteiger partial charge is 0.545 e. The predicted octanol–water partition coefficient (Wildman–Crippen LogP) is 10.2. The van der Waals surface area contributed by atoms with Crippen LogP contribution < -0.4 is 5.11 Å². The third-order valence-electron chi connectivity index (χ3n) is 8.94. The number of ether oxygens (including phenoxy) is 4. The van der Waals surface area contributed by atoms with Crippen molar-refractivity contribution >= 4 is 17.9 Å². The smallest absolute Gasteiger partial charge is 0.306 e. The van der Waals surface area contributed by atoms with Crippen molar-refractivity contribution < 1.29 is 42.9 Å². The SMILES string of the molecule is CC/C=C\C/C=C\C/C=C\C/C=C\C/C=C\CCCCCC(=O)OC(COC(=O)CCCCCCC/C=C\CCCCCC)COC(OCC[N+](C)(C)C)C(=O)[O-]. The second kappa shape index (κ2) is 39.6. The number of hydrogen-bond donors (Lipinski definition) is 0. The maximum atomic E-state index is 12.7. The van der Waals surface area contributed by atoms with E-state index in [9.17, 15) is 19.5 Å². The number of carboxylic acid groups (broad SMARTS) is 1. The fourth-order valence-electron chi connectivity index (χ4n) is 5.49. The number of carbonyl (C=O) groups is 3. The Balaban J connectivity index is 4.55. The highest BCUT2D eigenvalue weighted by molar-refractivity contribution is 5.70. The van der Waals surface area contributed by atoms with Crippen LogP contribution >= 0.6 is 0 Å². The average molecular weight is 800 g/mol. The van der Waals surface area contributed by atoms with Gasteiger partial charge in [0.15, 0.2) is 12.4 Å². The molecule has 0 spiro atoms. The number of unbranched alkanes of at least 4 members (excludes halogenated alkanes) is 12. The molecule has 9 heteroatoms. The van der Waals surface area contributed by atoms with Crippen LogP contribution in [0, 0.1) is 0 Å². The zero-order valence-electron chi connectivity index (χ0n) is 36.7. The molecule has 0 aliphatic carbocycles. The van der Waals surface area contributed by atoms with Crippen LogP contribution in [-0.4, -0.2) is 82.3 Å². The minimum atomic E-state index is -1.63. The molecule has 0 fully saturated rings. The normalized spacial score (nSPS) is 13.6. The molecule has 0 saturated heterocycles. The number of carboxylic acids is 1. The highest BCUT2D eigenvalue weighted by Gasteiger charge is 2.21. The molecule has 2 atom stereocenters. The molecule has 0 aliphatic rings. The van der Waals surface area contributed by atoms with E-state index in [4.69, 9.17) is 18.9 Å². The first kappa shape index (κ1) is 53.7. The summed E-state index contributed by atoms with van der Waals surface area (Å²) in [5, 5.41) is 11.7. The Bertz CT molecular complexity index is 1160. The molecule has 0 amide bonds. The van der Waals surface area contributed by atoms with Crippen LogP contribution in [-0.2, 0) is 33.3 Å². The summed E-state index contributed by atoms with van der Waals surface area (Å²) in [6.07, 6.45) is 45.0. The van der Waals surface area contributed by atoms with Crippen molar-refractivity contribution in [3.63, 3.8) is 0 Å². The van der Waals surface area contributed by atoms with Gasteiger partial charge in [-0.05, 0) is 83.5 Å². The lowest BCUT2D eigenvalue weighted by Gasteiger charge is -2.26. The number of nitrogens with zero attached hydrogens (tertiary/aromatic N) is 1. The van der Waals surface area contributed by atoms with Crippen molar-refractivity contribution in [3.8, 4) is 0 Å². The Morgan fingerprint density at radius 2 is 1.00 bits per heavy atom. The summed E-state index contributed by atoms with van der Waals surface area (Å²) >= 11 is 0. The zero-order valence-corrected chi connectivity index (χ0v) is 36.7. The van der Waals surface area contributed by atoms with Crippen LogP contribution in [0.3, 0.4) is 0 Å². The number of allylic oxidation sites excluding steroid dienone is 12. The first-order chi connectivity index (χ1) is 27.6. The lowest BCUT2D eigenvalue weighted by atomic mass is 10.1. The van der Waals surface area contributed by atoms with E-state index in [2.05, 4.69) is 86.8 Å². The molecular formula is C48H81NO8. The molecule has 9 nitrogen and oxygen atoms in total. The summed E-state index contributed by atoms with van der Waals surface area (Å²) in [6, 6.07) is 0. The number of hydrogen-bond acceptors (Lipinski definition) is 8. The van der Waals surface area contributed by atoms with Crippen molar-refractivity contribution in [2.45, 2.75) is 167 Å². The zero-order chi connectivity index (χ0) is 42.1. The predicted molar refractivity (Wildman–Crippen MR) is 232 cm³/mol. The van der Waals surface area contributed by atoms with E-state index in [1.807, 2.05) is 21.1 Å². The van der Waals surface area contributed by atoms with Gasteiger partial charge in [0.2, 0.25) is 0 Å². The molecule has 0 radical (unpaired) electrons. The molecule has 0 bridgehead atoms. The van der Waals surface area contributed by atoms with Gasteiger partial charge < -0.3 is 33.3 Å². The minimum absolute atomic E-state index is 0.136. The van der Waals surface area contributed by atoms with Gasteiger partial charge in [0, 0.05) is 12.8 Å². The first-order valence-electron chi connectivity index (χ1n) is 22.1. The molecule has 0 aliphatic heterocycles. The van der Waals surface area contributed by atoms with Gasteiger partial charge in [-0.25, -0.2) is 0 Å². The molecule has 0 aromatic heterocycles. The van der Waals surface area contributed by atoms with E-state index in [-0.39, 0.29) is 38.6 Å². The van der Waals surface area contributed by atoms with Crippen LogP contribution in [0.2, 0.25) is 0 Å². The third-order valence-corrected chi connectivity index (χ3v) is 8.94. The number of aliphatic carboxylic acids is 1. The number of rotatable bonds is 39. The lowest BCUT2D eigenvalue weighted by molar-refractivity contribution is -0.870. The molecular weight excluding hydrogens is 719 g/mol. The van der Waals surface area contributed by atoms with E-state index < -0.39 is 24.3 Å². The summed E-state index contributed by atoms with van der Waals surface area (Å²) in [4.78, 5) is 36.9. The molecule has 0 heterocycles. The van der Waals surface area contributed by atoms with Crippen molar-refractivity contribution in [2.75, 3.05) is 47.5 Å². The topological polar surface area (TPSA) is 111 Å². The maximum Gasteiger partial charge on any atom is 0.306 e. The molecule has 0 rings (SSSR count). The summed E-state index contributed by atoms with van der Waals surface area (Å²) in [5.41, 5.74) is 0. The van der Waals surface area contributed by atoms with Crippen molar-refractivity contribution in [1.29, 1.82) is 0 Å². The quantitative estimate of drug-likeness (QED) is 0.0199. The summed E-state index contributed by atoms with van der Waals surface area (Å²) < 4.78 is 22.5. The minimum Gasteiger partial charge on any atom is -0.545 e. The van der Waals surface area contributed by atoms with Crippen LogP contribution in [0.4, 0.5) is 0 Å². The third kappa shape index (κ3) is 40.7. The molecule has 0 N–H and O–H groups in total. The van der Waals surface area contributed by atoms with E-state index in [0.717, 1.165) is 89.9 Å². The van der Waals surface area contributed by atoms with Crippen molar-refractivity contribution in [1.82, 2.24) is 0 Å². The van der Waals surface area contributed by atoms with Gasteiger partial charge in [-0.15, -0.1) is 0 Å². The molecule has 2 unspecified atom stereocenters. The van der Waals surface area contributed by atoms with Gasteiger partial charge in [0.25, 0.3) is 0 Å². The van der Waals surface area contributed by atoms with Crippen molar-refractivity contribution in [2.24, 2.45) is 0 Å². The van der Waals surface area contributed by atoms with E-state index in [1.165, 1.54) is 32.1 Å².